The Kier molecular flexibility index (Phi) is 5.05. The number of piperidine rings is 1. The van der Waals surface area contributed by atoms with Crippen LogP contribution in [0.15, 0.2) is 24.3 Å². The first-order valence-electron chi connectivity index (χ1n) is 6.51. The number of likely N-dealkylation sites (tertiary alicyclic amines) is 1. The van der Waals surface area contributed by atoms with E-state index in [1.807, 2.05) is 0 Å². The van der Waals surface area contributed by atoms with Crippen LogP contribution in [0.2, 0.25) is 5.02 Å². The van der Waals surface area contributed by atoms with Crippen LogP contribution < -0.4 is 5.32 Å². The molecule has 1 saturated heterocycles. The van der Waals surface area contributed by atoms with Crippen molar-refractivity contribution in [3.8, 4) is 0 Å². The van der Waals surface area contributed by atoms with Crippen LogP contribution in [0.3, 0.4) is 0 Å². The second-order valence-electron chi connectivity index (χ2n) is 4.98. The van der Waals surface area contributed by atoms with Crippen LogP contribution in [0.25, 0.3) is 0 Å². The third-order valence-corrected chi connectivity index (χ3v) is 3.59. The van der Waals surface area contributed by atoms with E-state index >= 15 is 0 Å². The predicted octanol–water partition coefficient (Wildman–Crippen LogP) is 3.23. The summed E-state index contributed by atoms with van der Waals surface area (Å²) >= 11 is 5.84. The maximum atomic E-state index is 11.6. The zero-order valence-electron chi connectivity index (χ0n) is 11.1. The van der Waals surface area contributed by atoms with Crippen molar-refractivity contribution in [1.82, 2.24) is 4.90 Å². The van der Waals surface area contributed by atoms with E-state index in [0.29, 0.717) is 23.2 Å². The Morgan fingerprint density at radius 3 is 2.89 bits per heavy atom. The summed E-state index contributed by atoms with van der Waals surface area (Å²) in [6.07, 6.45) is 1.75. The zero-order valence-corrected chi connectivity index (χ0v) is 11.8. The highest BCUT2D eigenvalue weighted by molar-refractivity contribution is 6.30. The molecule has 1 aliphatic rings. The van der Waals surface area contributed by atoms with Gasteiger partial charge in [-0.2, -0.15) is 0 Å². The molecule has 0 radical (unpaired) electrons. The summed E-state index contributed by atoms with van der Waals surface area (Å²) in [5, 5.41) is 3.27. The molecule has 1 N–H and O–H groups in total. The maximum Gasteiger partial charge on any atom is 0.411 e. The molecule has 0 atom stereocenters. The molecule has 0 aromatic heterocycles. The van der Waals surface area contributed by atoms with Gasteiger partial charge in [-0.3, -0.25) is 5.32 Å². The molecule has 19 heavy (non-hydrogen) atoms. The molecule has 1 heterocycles. The van der Waals surface area contributed by atoms with Crippen LogP contribution in [-0.4, -0.2) is 37.7 Å². The number of nitrogens with zero attached hydrogens (tertiary/aromatic N) is 1. The van der Waals surface area contributed by atoms with E-state index in [1.165, 1.54) is 0 Å². The summed E-state index contributed by atoms with van der Waals surface area (Å²) < 4.78 is 5.25. The van der Waals surface area contributed by atoms with Crippen LogP contribution in [0, 0.1) is 5.92 Å². The highest BCUT2D eigenvalue weighted by atomic mass is 35.5. The normalized spacial score (nSPS) is 17.2. The SMILES string of the molecule is CN1CCC(COC(=O)Nc2cccc(Cl)c2)CC1. The Hall–Kier alpha value is -1.26. The van der Waals surface area contributed by atoms with Crippen LogP contribution in [0.4, 0.5) is 10.5 Å². The number of hydrogen-bond acceptors (Lipinski definition) is 3. The molecule has 4 nitrogen and oxygen atoms in total. The van der Waals surface area contributed by atoms with Crippen LogP contribution in [0.5, 0.6) is 0 Å². The minimum absolute atomic E-state index is 0.416. The van der Waals surface area contributed by atoms with Crippen molar-refractivity contribution in [1.29, 1.82) is 0 Å². The predicted molar refractivity (Wildman–Crippen MR) is 76.6 cm³/mol. The lowest BCUT2D eigenvalue weighted by Crippen LogP contribution is -2.32. The quantitative estimate of drug-likeness (QED) is 0.925. The number of anilines is 1. The number of benzene rings is 1. The highest BCUT2D eigenvalue weighted by Gasteiger charge is 2.18. The second kappa shape index (κ2) is 6.78. The molecule has 1 aromatic carbocycles. The highest BCUT2D eigenvalue weighted by Crippen LogP contribution is 2.17. The molecule has 0 spiro atoms. The molecule has 0 unspecified atom stereocenters. The Labute approximate surface area is 118 Å². The molecule has 1 aromatic rings. The van der Waals surface area contributed by atoms with Crippen molar-refractivity contribution in [3.05, 3.63) is 29.3 Å². The maximum absolute atomic E-state index is 11.6. The molecule has 0 aliphatic carbocycles. The first-order valence-corrected chi connectivity index (χ1v) is 6.89. The lowest BCUT2D eigenvalue weighted by molar-refractivity contribution is 0.113. The molecule has 5 heteroatoms. The molecular formula is C14H19ClN2O2. The molecule has 1 fully saturated rings. The van der Waals surface area contributed by atoms with Gasteiger partial charge in [0.05, 0.1) is 6.61 Å². The number of carbonyl (C=O) groups excluding carboxylic acids is 1. The monoisotopic (exact) mass is 282 g/mol. The van der Waals surface area contributed by atoms with E-state index in [4.69, 9.17) is 16.3 Å². The number of hydrogen-bond donors (Lipinski definition) is 1. The average molecular weight is 283 g/mol. The van der Waals surface area contributed by atoms with Gasteiger partial charge in [0.2, 0.25) is 0 Å². The minimum atomic E-state index is -0.416. The van der Waals surface area contributed by atoms with Crippen LogP contribution >= 0.6 is 11.6 Å². The fourth-order valence-corrected chi connectivity index (χ4v) is 2.33. The summed E-state index contributed by atoms with van der Waals surface area (Å²) in [6, 6.07) is 7.02. The van der Waals surface area contributed by atoms with E-state index in [2.05, 4.69) is 17.3 Å². The third kappa shape index (κ3) is 4.73. The van der Waals surface area contributed by atoms with E-state index in [9.17, 15) is 4.79 Å². The minimum Gasteiger partial charge on any atom is -0.449 e. The molecule has 1 aliphatic heterocycles. The Bertz CT molecular complexity index is 431. The first-order chi connectivity index (χ1) is 9.13. The van der Waals surface area contributed by atoms with Crippen LogP contribution in [-0.2, 0) is 4.74 Å². The van der Waals surface area contributed by atoms with Gasteiger partial charge >= 0.3 is 6.09 Å². The smallest absolute Gasteiger partial charge is 0.411 e. The molecule has 1 amide bonds. The third-order valence-electron chi connectivity index (χ3n) is 3.36. The van der Waals surface area contributed by atoms with Crippen molar-refractivity contribution < 1.29 is 9.53 Å². The molecule has 0 saturated carbocycles. The number of amides is 1. The van der Waals surface area contributed by atoms with Gasteiger partial charge < -0.3 is 9.64 Å². The van der Waals surface area contributed by atoms with Crippen molar-refractivity contribution >= 4 is 23.4 Å². The number of nitrogens with one attached hydrogen (secondary N) is 1. The first kappa shape index (κ1) is 14.2. The average Bonchev–Trinajstić information content (AvgIpc) is 2.38. The van der Waals surface area contributed by atoms with Gasteiger partial charge in [-0.1, -0.05) is 17.7 Å². The largest absolute Gasteiger partial charge is 0.449 e. The van der Waals surface area contributed by atoms with Gasteiger partial charge in [0.1, 0.15) is 0 Å². The van der Waals surface area contributed by atoms with Gasteiger partial charge in [-0.15, -0.1) is 0 Å². The van der Waals surface area contributed by atoms with Gasteiger partial charge in [0, 0.05) is 10.7 Å². The lowest BCUT2D eigenvalue weighted by Gasteiger charge is -2.28. The summed E-state index contributed by atoms with van der Waals surface area (Å²) in [7, 11) is 2.11. The summed E-state index contributed by atoms with van der Waals surface area (Å²) in [5.74, 6) is 0.473. The van der Waals surface area contributed by atoms with Crippen molar-refractivity contribution in [3.63, 3.8) is 0 Å². The van der Waals surface area contributed by atoms with E-state index in [-0.39, 0.29) is 0 Å². The van der Waals surface area contributed by atoms with Gasteiger partial charge in [0.15, 0.2) is 0 Å². The second-order valence-corrected chi connectivity index (χ2v) is 5.42. The van der Waals surface area contributed by atoms with Crippen molar-refractivity contribution in [2.75, 3.05) is 32.1 Å². The number of ether oxygens (including phenoxy) is 1. The van der Waals surface area contributed by atoms with E-state index < -0.39 is 6.09 Å². The zero-order chi connectivity index (χ0) is 13.7. The van der Waals surface area contributed by atoms with Gasteiger partial charge in [-0.05, 0) is 57.1 Å². The van der Waals surface area contributed by atoms with Crippen LogP contribution in [0.1, 0.15) is 12.8 Å². The molecule has 0 bridgehead atoms. The van der Waals surface area contributed by atoms with Gasteiger partial charge in [0.25, 0.3) is 0 Å². The number of rotatable bonds is 3. The molecular weight excluding hydrogens is 264 g/mol. The standard InChI is InChI=1S/C14H19ClN2O2/c1-17-7-5-11(6-8-17)10-19-14(18)16-13-4-2-3-12(15)9-13/h2-4,9,11H,5-8,10H2,1H3,(H,16,18). The molecule has 2 rings (SSSR count). The molecule has 104 valence electrons. The van der Waals surface area contributed by atoms with E-state index in [0.717, 1.165) is 25.9 Å². The lowest BCUT2D eigenvalue weighted by atomic mass is 9.98. The fraction of sp³-hybridized carbons (Fsp3) is 0.500. The summed E-state index contributed by atoms with van der Waals surface area (Å²) in [4.78, 5) is 13.9. The Balaban J connectivity index is 1.73. The van der Waals surface area contributed by atoms with Crippen molar-refractivity contribution in [2.24, 2.45) is 5.92 Å². The summed E-state index contributed by atoms with van der Waals surface area (Å²) in [6.45, 7) is 2.63. The number of carbonyl (C=O) groups is 1. The van der Waals surface area contributed by atoms with E-state index in [1.54, 1.807) is 24.3 Å². The fourth-order valence-electron chi connectivity index (χ4n) is 2.14. The number of halogens is 1. The Morgan fingerprint density at radius 2 is 2.21 bits per heavy atom. The van der Waals surface area contributed by atoms with Gasteiger partial charge in [-0.25, -0.2) is 4.79 Å². The van der Waals surface area contributed by atoms with Crippen molar-refractivity contribution in [2.45, 2.75) is 12.8 Å². The Morgan fingerprint density at radius 1 is 1.47 bits per heavy atom. The topological polar surface area (TPSA) is 41.6 Å². The summed E-state index contributed by atoms with van der Waals surface area (Å²) in [5.41, 5.74) is 0.654.